The van der Waals surface area contributed by atoms with Crippen LogP contribution in [0.5, 0.6) is 5.75 Å². The lowest BCUT2D eigenvalue weighted by Crippen LogP contribution is -2.09. The van der Waals surface area contributed by atoms with E-state index in [9.17, 15) is 0 Å². The highest BCUT2D eigenvalue weighted by atomic mass is 16.5. The van der Waals surface area contributed by atoms with E-state index in [0.29, 0.717) is 6.61 Å². The fourth-order valence-corrected chi connectivity index (χ4v) is 1.97. The van der Waals surface area contributed by atoms with Crippen LogP contribution >= 0.6 is 0 Å². The molecule has 0 saturated heterocycles. The third kappa shape index (κ3) is 3.32. The van der Waals surface area contributed by atoms with E-state index in [4.69, 9.17) is 10.5 Å². The lowest BCUT2D eigenvalue weighted by atomic mass is 10.1. The Hall–Kier alpha value is -1.87. The van der Waals surface area contributed by atoms with Gasteiger partial charge in [-0.3, -0.25) is 4.98 Å². The number of nitrogens with two attached hydrogens (primary N) is 1. The van der Waals surface area contributed by atoms with E-state index in [1.807, 2.05) is 38.1 Å². The van der Waals surface area contributed by atoms with Crippen LogP contribution in [0, 0.1) is 13.8 Å². The monoisotopic (exact) mass is 256 g/mol. The number of rotatable bonds is 4. The highest BCUT2D eigenvalue weighted by molar-refractivity contribution is 5.39. The molecule has 100 valence electrons. The molecular formula is C16H20N2O. The van der Waals surface area contributed by atoms with Crippen molar-refractivity contribution in [1.82, 2.24) is 4.98 Å². The van der Waals surface area contributed by atoms with Crippen LogP contribution in [0.25, 0.3) is 0 Å². The molecule has 0 fully saturated rings. The van der Waals surface area contributed by atoms with Crippen LogP contribution in [-0.4, -0.2) is 4.98 Å². The van der Waals surface area contributed by atoms with Crippen LogP contribution in [0.4, 0.5) is 0 Å². The van der Waals surface area contributed by atoms with Crippen LogP contribution in [0.2, 0.25) is 0 Å². The number of hydrogen-bond donors (Lipinski definition) is 1. The molecule has 0 radical (unpaired) electrons. The molecule has 3 heteroatoms. The van der Waals surface area contributed by atoms with Gasteiger partial charge in [0.15, 0.2) is 0 Å². The van der Waals surface area contributed by atoms with Gasteiger partial charge >= 0.3 is 0 Å². The summed E-state index contributed by atoms with van der Waals surface area (Å²) in [6, 6.07) is 10.0. The topological polar surface area (TPSA) is 48.1 Å². The highest BCUT2D eigenvalue weighted by Crippen LogP contribution is 2.25. The summed E-state index contributed by atoms with van der Waals surface area (Å²) in [5, 5.41) is 0. The summed E-state index contributed by atoms with van der Waals surface area (Å²) < 4.78 is 5.88. The number of nitrogens with zero attached hydrogens (tertiary/aromatic N) is 1. The van der Waals surface area contributed by atoms with E-state index in [-0.39, 0.29) is 6.04 Å². The van der Waals surface area contributed by atoms with Gasteiger partial charge in [-0.1, -0.05) is 23.8 Å². The Morgan fingerprint density at radius 1 is 1.26 bits per heavy atom. The van der Waals surface area contributed by atoms with E-state index < -0.39 is 0 Å². The van der Waals surface area contributed by atoms with Gasteiger partial charge in [0.2, 0.25) is 0 Å². The number of benzene rings is 1. The molecule has 2 aromatic rings. The van der Waals surface area contributed by atoms with Crippen molar-refractivity contribution in [3.8, 4) is 5.75 Å². The molecule has 1 heterocycles. The second kappa shape index (κ2) is 5.85. The molecule has 0 unspecified atom stereocenters. The van der Waals surface area contributed by atoms with Gasteiger partial charge in [-0.25, -0.2) is 0 Å². The first kappa shape index (κ1) is 13.6. The Bertz CT molecular complexity index is 564. The number of ether oxygens (including phenoxy) is 1. The van der Waals surface area contributed by atoms with Crippen molar-refractivity contribution in [1.29, 1.82) is 0 Å². The molecular weight excluding hydrogens is 236 g/mol. The summed E-state index contributed by atoms with van der Waals surface area (Å²) >= 11 is 0. The van der Waals surface area contributed by atoms with Crippen molar-refractivity contribution < 1.29 is 4.74 Å². The molecule has 0 bridgehead atoms. The molecule has 0 amide bonds. The number of aryl methyl sites for hydroxylation is 2. The quantitative estimate of drug-likeness (QED) is 0.913. The molecule has 0 aliphatic heterocycles. The Kier molecular flexibility index (Phi) is 4.17. The fourth-order valence-electron chi connectivity index (χ4n) is 1.97. The zero-order valence-electron chi connectivity index (χ0n) is 11.7. The Morgan fingerprint density at radius 3 is 2.74 bits per heavy atom. The maximum absolute atomic E-state index is 5.99. The first-order valence-electron chi connectivity index (χ1n) is 6.47. The summed E-state index contributed by atoms with van der Waals surface area (Å²) in [5.74, 6) is 0.839. The third-order valence-electron chi connectivity index (χ3n) is 3.14. The number of aromatic nitrogens is 1. The molecule has 0 spiro atoms. The van der Waals surface area contributed by atoms with Crippen LogP contribution in [0.1, 0.15) is 35.3 Å². The molecule has 0 aliphatic rings. The Morgan fingerprint density at radius 2 is 2.05 bits per heavy atom. The summed E-state index contributed by atoms with van der Waals surface area (Å²) in [6.45, 7) is 6.52. The van der Waals surface area contributed by atoms with Crippen molar-refractivity contribution in [2.75, 3.05) is 0 Å². The largest absolute Gasteiger partial charge is 0.487 e. The maximum atomic E-state index is 5.99. The lowest BCUT2D eigenvalue weighted by Gasteiger charge is -2.15. The van der Waals surface area contributed by atoms with Crippen molar-refractivity contribution in [2.45, 2.75) is 33.4 Å². The molecule has 19 heavy (non-hydrogen) atoms. The van der Waals surface area contributed by atoms with E-state index in [0.717, 1.165) is 22.6 Å². The van der Waals surface area contributed by atoms with Gasteiger partial charge in [0.1, 0.15) is 12.4 Å². The summed E-state index contributed by atoms with van der Waals surface area (Å²) in [4.78, 5) is 4.33. The van der Waals surface area contributed by atoms with Gasteiger partial charge in [-0.2, -0.15) is 0 Å². The smallest absolute Gasteiger partial charge is 0.130 e. The zero-order valence-corrected chi connectivity index (χ0v) is 11.7. The van der Waals surface area contributed by atoms with Gasteiger partial charge in [-0.05, 0) is 38.5 Å². The van der Waals surface area contributed by atoms with Crippen LogP contribution in [0.3, 0.4) is 0 Å². The summed E-state index contributed by atoms with van der Waals surface area (Å²) in [7, 11) is 0. The van der Waals surface area contributed by atoms with Crippen molar-refractivity contribution in [3.63, 3.8) is 0 Å². The minimum absolute atomic E-state index is 0.0419. The second-order valence-corrected chi connectivity index (χ2v) is 4.89. The summed E-state index contributed by atoms with van der Waals surface area (Å²) in [5.41, 5.74) is 10.3. The zero-order chi connectivity index (χ0) is 13.8. The van der Waals surface area contributed by atoms with E-state index in [1.165, 1.54) is 5.56 Å². The second-order valence-electron chi connectivity index (χ2n) is 4.89. The SMILES string of the molecule is Cc1ccc(OCc2ncccc2C)c([C@@H](C)N)c1. The van der Waals surface area contributed by atoms with Crippen molar-refractivity contribution in [3.05, 3.63) is 58.9 Å². The molecule has 1 aromatic heterocycles. The number of hydrogen-bond acceptors (Lipinski definition) is 3. The molecule has 2 N–H and O–H groups in total. The molecule has 3 nitrogen and oxygen atoms in total. The van der Waals surface area contributed by atoms with Crippen LogP contribution in [0.15, 0.2) is 36.5 Å². The minimum atomic E-state index is -0.0419. The van der Waals surface area contributed by atoms with Gasteiger partial charge in [0, 0.05) is 17.8 Å². The number of pyridine rings is 1. The third-order valence-corrected chi connectivity index (χ3v) is 3.14. The van der Waals surface area contributed by atoms with Crippen LogP contribution < -0.4 is 10.5 Å². The fraction of sp³-hybridized carbons (Fsp3) is 0.312. The van der Waals surface area contributed by atoms with Crippen molar-refractivity contribution >= 4 is 0 Å². The molecule has 0 aliphatic carbocycles. The van der Waals surface area contributed by atoms with Crippen molar-refractivity contribution in [2.24, 2.45) is 5.73 Å². The predicted molar refractivity (Wildman–Crippen MR) is 77.1 cm³/mol. The van der Waals surface area contributed by atoms with Crippen LogP contribution in [-0.2, 0) is 6.61 Å². The summed E-state index contributed by atoms with van der Waals surface area (Å²) in [6.07, 6.45) is 1.79. The molecule has 0 saturated carbocycles. The predicted octanol–water partition coefficient (Wildman–Crippen LogP) is 3.30. The first-order valence-corrected chi connectivity index (χ1v) is 6.47. The van der Waals surface area contributed by atoms with E-state index >= 15 is 0 Å². The maximum Gasteiger partial charge on any atom is 0.130 e. The lowest BCUT2D eigenvalue weighted by molar-refractivity contribution is 0.296. The highest BCUT2D eigenvalue weighted by Gasteiger charge is 2.09. The average Bonchev–Trinajstić information content (AvgIpc) is 2.38. The van der Waals surface area contributed by atoms with E-state index in [2.05, 4.69) is 18.0 Å². The molecule has 2 rings (SSSR count). The Labute approximate surface area is 114 Å². The Balaban J connectivity index is 2.18. The normalized spacial score (nSPS) is 12.2. The molecule has 1 aromatic carbocycles. The van der Waals surface area contributed by atoms with E-state index in [1.54, 1.807) is 6.20 Å². The van der Waals surface area contributed by atoms with Gasteiger partial charge in [0.05, 0.1) is 5.69 Å². The minimum Gasteiger partial charge on any atom is -0.487 e. The average molecular weight is 256 g/mol. The van der Waals surface area contributed by atoms with Gasteiger partial charge < -0.3 is 10.5 Å². The standard InChI is InChI=1S/C16H20N2O/c1-11-6-7-16(14(9-11)13(3)17)19-10-15-12(2)5-4-8-18-15/h4-9,13H,10,17H2,1-3H3/t13-/m1/s1. The van der Waals surface area contributed by atoms with Gasteiger partial charge in [-0.15, -0.1) is 0 Å². The molecule has 1 atom stereocenters. The van der Waals surface area contributed by atoms with Gasteiger partial charge in [0.25, 0.3) is 0 Å². The first-order chi connectivity index (χ1) is 9.08.